The highest BCUT2D eigenvalue weighted by molar-refractivity contribution is 5.90. The van der Waals surface area contributed by atoms with Crippen LogP contribution in [0.1, 0.15) is 0 Å². The number of hydrogen-bond donors (Lipinski definition) is 1. The van der Waals surface area contributed by atoms with Crippen LogP contribution in [0.2, 0.25) is 0 Å². The standard InChI is InChI=1S/C11H7N4O/c16-11-10-8(12-7-13-11)3-1-4-9(10)15-6-2-5-14-15/h1-6H,(H,12,13,16). The molecular weight excluding hydrogens is 204 g/mol. The molecule has 0 aliphatic heterocycles. The van der Waals surface area contributed by atoms with Crippen LogP contribution in [0.15, 0.2) is 36.7 Å². The molecule has 1 aromatic carbocycles. The van der Waals surface area contributed by atoms with E-state index in [1.165, 1.54) is 0 Å². The van der Waals surface area contributed by atoms with Crippen LogP contribution < -0.4 is 0 Å². The number of rotatable bonds is 1. The molecule has 0 saturated heterocycles. The van der Waals surface area contributed by atoms with Crippen LogP contribution in [0.25, 0.3) is 16.6 Å². The van der Waals surface area contributed by atoms with Crippen LogP contribution in [0.3, 0.4) is 0 Å². The summed E-state index contributed by atoms with van der Waals surface area (Å²) in [6.07, 6.45) is 5.87. The molecule has 3 aromatic rings. The second-order valence-electron chi connectivity index (χ2n) is 3.27. The Bertz CT molecular complexity index is 628. The SMILES string of the molecule is Oc1n[c]nc2cccc(-n3cccn3)c12. The number of fused-ring (bicyclic) bond motifs is 1. The van der Waals surface area contributed by atoms with Crippen molar-refractivity contribution < 1.29 is 5.11 Å². The van der Waals surface area contributed by atoms with Gasteiger partial charge in [-0.2, -0.15) is 10.1 Å². The van der Waals surface area contributed by atoms with E-state index in [1.54, 1.807) is 23.1 Å². The van der Waals surface area contributed by atoms with Crippen molar-refractivity contribution in [1.29, 1.82) is 0 Å². The average molecular weight is 211 g/mol. The van der Waals surface area contributed by atoms with Gasteiger partial charge in [-0.3, -0.25) is 0 Å². The molecule has 77 valence electrons. The quantitative estimate of drug-likeness (QED) is 0.659. The molecule has 5 heteroatoms. The lowest BCUT2D eigenvalue weighted by Gasteiger charge is -2.06. The van der Waals surface area contributed by atoms with Crippen molar-refractivity contribution in [2.75, 3.05) is 0 Å². The first-order valence-corrected chi connectivity index (χ1v) is 4.72. The number of nitrogens with zero attached hydrogens (tertiary/aromatic N) is 4. The molecule has 0 aliphatic rings. The third-order valence-corrected chi connectivity index (χ3v) is 2.32. The highest BCUT2D eigenvalue weighted by Gasteiger charge is 2.09. The molecule has 0 amide bonds. The molecular formula is C11H7N4O. The van der Waals surface area contributed by atoms with Crippen molar-refractivity contribution in [2.24, 2.45) is 0 Å². The van der Waals surface area contributed by atoms with Gasteiger partial charge >= 0.3 is 0 Å². The van der Waals surface area contributed by atoms with Gasteiger partial charge in [-0.1, -0.05) is 6.07 Å². The van der Waals surface area contributed by atoms with E-state index in [2.05, 4.69) is 21.4 Å². The Hall–Kier alpha value is -2.43. The van der Waals surface area contributed by atoms with Gasteiger partial charge < -0.3 is 5.11 Å². The topological polar surface area (TPSA) is 63.8 Å². The molecule has 0 bridgehead atoms. The molecule has 5 nitrogen and oxygen atoms in total. The smallest absolute Gasteiger partial charge is 0.224 e. The monoisotopic (exact) mass is 211 g/mol. The fourth-order valence-electron chi connectivity index (χ4n) is 1.63. The van der Waals surface area contributed by atoms with Crippen LogP contribution in [-0.4, -0.2) is 24.9 Å². The van der Waals surface area contributed by atoms with Crippen LogP contribution in [0.4, 0.5) is 0 Å². The second-order valence-corrected chi connectivity index (χ2v) is 3.27. The Kier molecular flexibility index (Phi) is 1.83. The molecule has 0 spiro atoms. The van der Waals surface area contributed by atoms with Gasteiger partial charge in [-0.25, -0.2) is 9.67 Å². The maximum absolute atomic E-state index is 9.73. The van der Waals surface area contributed by atoms with Crippen LogP contribution in [-0.2, 0) is 0 Å². The van der Waals surface area contributed by atoms with Crippen molar-refractivity contribution in [3.05, 3.63) is 43.0 Å². The predicted octanol–water partition coefficient (Wildman–Crippen LogP) is 1.32. The van der Waals surface area contributed by atoms with E-state index in [4.69, 9.17) is 0 Å². The Labute approximate surface area is 91.0 Å². The third kappa shape index (κ3) is 1.22. The maximum atomic E-state index is 9.73. The molecule has 0 fully saturated rings. The van der Waals surface area contributed by atoms with Crippen molar-refractivity contribution in [2.45, 2.75) is 0 Å². The molecule has 0 atom stereocenters. The molecule has 1 radical (unpaired) electrons. The summed E-state index contributed by atoms with van der Waals surface area (Å²) in [4.78, 5) is 7.63. The van der Waals surface area contributed by atoms with Gasteiger partial charge in [0.25, 0.3) is 0 Å². The summed E-state index contributed by atoms with van der Waals surface area (Å²) in [6, 6.07) is 7.30. The van der Waals surface area contributed by atoms with Gasteiger partial charge in [0.2, 0.25) is 12.2 Å². The van der Waals surface area contributed by atoms with Crippen LogP contribution in [0.5, 0.6) is 5.88 Å². The Morgan fingerprint density at radius 1 is 1.19 bits per heavy atom. The van der Waals surface area contributed by atoms with E-state index in [0.717, 1.165) is 5.69 Å². The van der Waals surface area contributed by atoms with E-state index in [0.29, 0.717) is 10.9 Å². The van der Waals surface area contributed by atoms with Gasteiger partial charge in [-0.05, 0) is 18.2 Å². The summed E-state index contributed by atoms with van der Waals surface area (Å²) < 4.78 is 1.66. The summed E-state index contributed by atoms with van der Waals surface area (Å²) in [5, 5.41) is 14.4. The summed E-state index contributed by atoms with van der Waals surface area (Å²) in [5.41, 5.74) is 1.38. The minimum Gasteiger partial charge on any atom is -0.493 e. The summed E-state index contributed by atoms with van der Waals surface area (Å²) in [7, 11) is 0. The third-order valence-electron chi connectivity index (χ3n) is 2.32. The van der Waals surface area contributed by atoms with E-state index in [-0.39, 0.29) is 5.88 Å². The van der Waals surface area contributed by atoms with Crippen LogP contribution >= 0.6 is 0 Å². The minimum atomic E-state index is -0.0869. The Balaban J connectivity index is 2.41. The lowest BCUT2D eigenvalue weighted by atomic mass is 10.2. The fraction of sp³-hybridized carbons (Fsp3) is 0. The van der Waals surface area contributed by atoms with E-state index < -0.39 is 0 Å². The van der Waals surface area contributed by atoms with E-state index in [9.17, 15) is 5.11 Å². The number of aromatic hydroxyl groups is 1. The van der Waals surface area contributed by atoms with Gasteiger partial charge in [0.1, 0.15) is 0 Å². The summed E-state index contributed by atoms with van der Waals surface area (Å²) in [6.45, 7) is 0. The molecule has 1 N–H and O–H groups in total. The molecule has 16 heavy (non-hydrogen) atoms. The summed E-state index contributed by atoms with van der Waals surface area (Å²) in [5.74, 6) is -0.0869. The first-order valence-electron chi connectivity index (χ1n) is 4.72. The predicted molar refractivity (Wildman–Crippen MR) is 57.2 cm³/mol. The zero-order valence-electron chi connectivity index (χ0n) is 8.20. The van der Waals surface area contributed by atoms with Gasteiger partial charge in [0, 0.05) is 12.4 Å². The second kappa shape index (κ2) is 3.30. The lowest BCUT2D eigenvalue weighted by Crippen LogP contribution is -1.97. The number of benzene rings is 1. The van der Waals surface area contributed by atoms with Crippen molar-refractivity contribution in [1.82, 2.24) is 19.7 Å². The first-order chi connectivity index (χ1) is 7.86. The minimum absolute atomic E-state index is 0.0869. The van der Waals surface area contributed by atoms with Crippen LogP contribution in [0, 0.1) is 6.33 Å². The van der Waals surface area contributed by atoms with E-state index in [1.807, 2.05) is 18.2 Å². The van der Waals surface area contributed by atoms with Crippen molar-refractivity contribution in [3.63, 3.8) is 0 Å². The Morgan fingerprint density at radius 3 is 2.94 bits per heavy atom. The number of hydrogen-bond acceptors (Lipinski definition) is 4. The lowest BCUT2D eigenvalue weighted by molar-refractivity contribution is 0.458. The molecule has 0 unspecified atom stereocenters. The Morgan fingerprint density at radius 2 is 2.12 bits per heavy atom. The molecule has 3 rings (SSSR count). The summed E-state index contributed by atoms with van der Waals surface area (Å²) >= 11 is 0. The van der Waals surface area contributed by atoms with E-state index >= 15 is 0 Å². The fourth-order valence-corrected chi connectivity index (χ4v) is 1.63. The normalized spacial score (nSPS) is 10.8. The molecule has 0 saturated carbocycles. The van der Waals surface area contributed by atoms with Crippen molar-refractivity contribution in [3.8, 4) is 11.6 Å². The van der Waals surface area contributed by atoms with Gasteiger partial charge in [0.05, 0.1) is 16.6 Å². The molecule has 2 heterocycles. The largest absolute Gasteiger partial charge is 0.493 e. The first kappa shape index (κ1) is 8.84. The highest BCUT2D eigenvalue weighted by Crippen LogP contribution is 2.26. The van der Waals surface area contributed by atoms with Gasteiger partial charge in [0.15, 0.2) is 0 Å². The van der Waals surface area contributed by atoms with Gasteiger partial charge in [-0.15, -0.1) is 0 Å². The maximum Gasteiger partial charge on any atom is 0.224 e. The molecule has 2 aromatic heterocycles. The molecule has 0 aliphatic carbocycles. The zero-order chi connectivity index (χ0) is 11.0. The average Bonchev–Trinajstić information content (AvgIpc) is 2.82. The number of aromatic nitrogens is 4. The van der Waals surface area contributed by atoms with Crippen molar-refractivity contribution >= 4 is 10.9 Å². The highest BCUT2D eigenvalue weighted by atomic mass is 16.3. The zero-order valence-corrected chi connectivity index (χ0v) is 8.20.